The Labute approximate surface area is 134 Å². The molecule has 0 atom stereocenters. The van der Waals surface area contributed by atoms with Crippen LogP contribution in [0, 0.1) is 13.8 Å². The summed E-state index contributed by atoms with van der Waals surface area (Å²) in [5.74, 6) is 0. The van der Waals surface area contributed by atoms with Gasteiger partial charge in [-0.25, -0.2) is 8.42 Å². The molecule has 1 heterocycles. The Balaban J connectivity index is 2.47. The average Bonchev–Trinajstić information content (AvgIpc) is 2.36. The maximum atomic E-state index is 12.4. The topological polar surface area (TPSA) is 59.1 Å². The molecule has 0 aliphatic carbocycles. The molecule has 0 saturated heterocycles. The number of aromatic nitrogens is 1. The van der Waals surface area contributed by atoms with Crippen LogP contribution in [0.5, 0.6) is 0 Å². The van der Waals surface area contributed by atoms with Gasteiger partial charge in [-0.15, -0.1) is 0 Å². The van der Waals surface area contributed by atoms with E-state index in [1.165, 1.54) is 0 Å². The van der Waals surface area contributed by atoms with Crippen LogP contribution in [0.2, 0.25) is 0 Å². The van der Waals surface area contributed by atoms with Crippen LogP contribution >= 0.6 is 31.9 Å². The average molecular weight is 420 g/mol. The van der Waals surface area contributed by atoms with Crippen LogP contribution in [0.3, 0.4) is 0 Å². The molecule has 1 aromatic heterocycles. The molecule has 0 radical (unpaired) electrons. The Kier molecular flexibility index (Phi) is 4.51. The molecule has 0 aliphatic rings. The molecule has 0 aliphatic heterocycles. The van der Waals surface area contributed by atoms with Crippen LogP contribution in [0.25, 0.3) is 0 Å². The maximum absolute atomic E-state index is 12.4. The Hall–Kier alpha value is -0.920. The standard InChI is InChI=1S/C13H12Br2N2O2S/c1-8-6-11(15)13(7-10(8)14)20(18,19)17-12-4-3-5-16-9(12)2/h3-7,17H,1-2H3. The van der Waals surface area contributed by atoms with E-state index in [2.05, 4.69) is 41.6 Å². The van der Waals surface area contributed by atoms with Crippen LogP contribution in [-0.2, 0) is 10.0 Å². The third kappa shape index (κ3) is 3.21. The minimum atomic E-state index is -3.67. The summed E-state index contributed by atoms with van der Waals surface area (Å²) >= 11 is 6.64. The van der Waals surface area contributed by atoms with Gasteiger partial charge in [-0.3, -0.25) is 9.71 Å². The number of nitrogens with zero attached hydrogens (tertiary/aromatic N) is 1. The van der Waals surface area contributed by atoms with Crippen LogP contribution in [-0.4, -0.2) is 13.4 Å². The van der Waals surface area contributed by atoms with E-state index < -0.39 is 10.0 Å². The molecule has 0 fully saturated rings. The lowest BCUT2D eigenvalue weighted by Crippen LogP contribution is -2.15. The lowest BCUT2D eigenvalue weighted by atomic mass is 10.2. The predicted molar refractivity (Wildman–Crippen MR) is 86.4 cm³/mol. The molecule has 2 aromatic rings. The zero-order valence-corrected chi connectivity index (χ0v) is 14.8. The van der Waals surface area contributed by atoms with E-state index in [0.717, 1.165) is 10.0 Å². The van der Waals surface area contributed by atoms with E-state index in [0.29, 0.717) is 15.9 Å². The fraction of sp³-hybridized carbons (Fsp3) is 0.154. The van der Waals surface area contributed by atoms with Crippen LogP contribution in [0.4, 0.5) is 5.69 Å². The normalized spacial score (nSPS) is 11.4. The van der Waals surface area contributed by atoms with Gasteiger partial charge in [-0.2, -0.15) is 0 Å². The first-order chi connectivity index (χ1) is 9.31. The van der Waals surface area contributed by atoms with Crippen molar-refractivity contribution >= 4 is 47.6 Å². The summed E-state index contributed by atoms with van der Waals surface area (Å²) in [4.78, 5) is 4.24. The second-order valence-corrected chi connectivity index (χ2v) is 7.63. The number of pyridine rings is 1. The summed E-state index contributed by atoms with van der Waals surface area (Å²) in [5, 5.41) is 0. The van der Waals surface area contributed by atoms with Gasteiger partial charge in [0.15, 0.2) is 0 Å². The van der Waals surface area contributed by atoms with Crippen molar-refractivity contribution in [2.24, 2.45) is 0 Å². The summed E-state index contributed by atoms with van der Waals surface area (Å²) in [6, 6.07) is 6.70. The molecule has 2 rings (SSSR count). The second-order valence-electron chi connectivity index (χ2n) is 4.27. The van der Waals surface area contributed by atoms with Crippen molar-refractivity contribution in [2.75, 3.05) is 4.72 Å². The van der Waals surface area contributed by atoms with E-state index in [4.69, 9.17) is 0 Å². The van der Waals surface area contributed by atoms with Crippen molar-refractivity contribution in [1.82, 2.24) is 4.98 Å². The lowest BCUT2D eigenvalue weighted by Gasteiger charge is -2.12. The summed E-state index contributed by atoms with van der Waals surface area (Å²) < 4.78 is 28.7. The number of rotatable bonds is 3. The molecule has 0 unspecified atom stereocenters. The van der Waals surface area contributed by atoms with Gasteiger partial charge in [0.2, 0.25) is 0 Å². The first kappa shape index (κ1) is 15.5. The van der Waals surface area contributed by atoms with Gasteiger partial charge < -0.3 is 0 Å². The SMILES string of the molecule is Cc1cc(Br)c(S(=O)(=O)Nc2cccnc2C)cc1Br. The molecule has 0 spiro atoms. The largest absolute Gasteiger partial charge is 0.278 e. The highest BCUT2D eigenvalue weighted by atomic mass is 79.9. The smallest absolute Gasteiger partial charge is 0.263 e. The minimum absolute atomic E-state index is 0.179. The van der Waals surface area contributed by atoms with Crippen molar-refractivity contribution in [1.29, 1.82) is 0 Å². The number of hydrogen-bond donors (Lipinski definition) is 1. The Morgan fingerprint density at radius 1 is 1.15 bits per heavy atom. The van der Waals surface area contributed by atoms with Crippen LogP contribution in [0.1, 0.15) is 11.3 Å². The van der Waals surface area contributed by atoms with Gasteiger partial charge in [0.25, 0.3) is 10.0 Å². The molecular weight excluding hydrogens is 408 g/mol. The van der Waals surface area contributed by atoms with Gasteiger partial charge in [-0.1, -0.05) is 15.9 Å². The Morgan fingerprint density at radius 2 is 1.85 bits per heavy atom. The van der Waals surface area contributed by atoms with Gasteiger partial charge in [0.1, 0.15) is 4.90 Å². The van der Waals surface area contributed by atoms with Crippen molar-refractivity contribution in [3.63, 3.8) is 0 Å². The third-order valence-electron chi connectivity index (χ3n) is 2.75. The quantitative estimate of drug-likeness (QED) is 0.816. The first-order valence-corrected chi connectivity index (χ1v) is 8.78. The lowest BCUT2D eigenvalue weighted by molar-refractivity contribution is 0.600. The van der Waals surface area contributed by atoms with E-state index >= 15 is 0 Å². The number of sulfonamides is 1. The number of benzene rings is 1. The maximum Gasteiger partial charge on any atom is 0.263 e. The van der Waals surface area contributed by atoms with E-state index in [1.54, 1.807) is 37.4 Å². The van der Waals surface area contributed by atoms with Crippen molar-refractivity contribution < 1.29 is 8.42 Å². The number of aryl methyl sites for hydroxylation is 2. The van der Waals surface area contributed by atoms with Crippen molar-refractivity contribution in [3.8, 4) is 0 Å². The zero-order chi connectivity index (χ0) is 14.9. The zero-order valence-electron chi connectivity index (χ0n) is 10.8. The molecule has 0 saturated carbocycles. The van der Waals surface area contributed by atoms with Crippen LogP contribution in [0.15, 0.2) is 44.3 Å². The van der Waals surface area contributed by atoms with Crippen LogP contribution < -0.4 is 4.72 Å². The minimum Gasteiger partial charge on any atom is -0.278 e. The molecule has 106 valence electrons. The highest BCUT2D eigenvalue weighted by Gasteiger charge is 2.20. The first-order valence-electron chi connectivity index (χ1n) is 5.71. The molecule has 20 heavy (non-hydrogen) atoms. The summed E-state index contributed by atoms with van der Waals surface area (Å²) in [6.45, 7) is 3.64. The highest BCUT2D eigenvalue weighted by molar-refractivity contribution is 9.11. The molecular formula is C13H12Br2N2O2S. The summed E-state index contributed by atoms with van der Waals surface area (Å²) in [6.07, 6.45) is 1.62. The van der Waals surface area contributed by atoms with Gasteiger partial charge in [0, 0.05) is 15.1 Å². The molecule has 0 amide bonds. The fourth-order valence-corrected chi connectivity index (χ4v) is 4.42. The second kappa shape index (κ2) is 5.83. The van der Waals surface area contributed by atoms with Crippen molar-refractivity contribution in [2.45, 2.75) is 18.7 Å². The van der Waals surface area contributed by atoms with Gasteiger partial charge in [0.05, 0.1) is 11.4 Å². The van der Waals surface area contributed by atoms with E-state index in [-0.39, 0.29) is 4.90 Å². The van der Waals surface area contributed by atoms with E-state index in [9.17, 15) is 8.42 Å². The fourth-order valence-electron chi connectivity index (χ4n) is 1.63. The Bertz CT molecular complexity index is 761. The molecule has 1 N–H and O–H groups in total. The van der Waals surface area contributed by atoms with Gasteiger partial charge in [-0.05, 0) is 59.6 Å². The molecule has 7 heteroatoms. The number of hydrogen-bond acceptors (Lipinski definition) is 3. The highest BCUT2D eigenvalue weighted by Crippen LogP contribution is 2.30. The summed E-state index contributed by atoms with van der Waals surface area (Å²) in [5.41, 5.74) is 2.04. The summed E-state index contributed by atoms with van der Waals surface area (Å²) in [7, 11) is -3.67. The number of anilines is 1. The van der Waals surface area contributed by atoms with Crippen molar-refractivity contribution in [3.05, 3.63) is 50.7 Å². The molecule has 4 nitrogen and oxygen atoms in total. The number of halogens is 2. The molecule has 0 bridgehead atoms. The monoisotopic (exact) mass is 418 g/mol. The predicted octanol–water partition coefficient (Wildman–Crippen LogP) is 4.02. The van der Waals surface area contributed by atoms with Gasteiger partial charge >= 0.3 is 0 Å². The number of nitrogens with one attached hydrogen (secondary N) is 1. The molecule has 1 aromatic carbocycles. The third-order valence-corrected chi connectivity index (χ3v) is 5.93. The van der Waals surface area contributed by atoms with E-state index in [1.807, 2.05) is 6.92 Å². The Morgan fingerprint density at radius 3 is 2.50 bits per heavy atom.